The van der Waals surface area contributed by atoms with Crippen molar-refractivity contribution in [2.75, 3.05) is 11.6 Å². The molecule has 0 aliphatic rings. The van der Waals surface area contributed by atoms with Crippen LogP contribution >= 0.6 is 11.6 Å². The molecular formula is C12H11ClF3N5O3S. The highest BCUT2D eigenvalue weighted by Gasteiger charge is 2.33. The van der Waals surface area contributed by atoms with Crippen LogP contribution in [-0.2, 0) is 23.6 Å². The fraction of sp³-hybridized carbons (Fsp3) is 0.333. The van der Waals surface area contributed by atoms with E-state index in [-0.39, 0.29) is 27.9 Å². The molecule has 1 N–H and O–H groups in total. The number of nitrogens with zero attached hydrogens (tertiary/aromatic N) is 4. The van der Waals surface area contributed by atoms with Gasteiger partial charge in [-0.2, -0.15) is 0 Å². The molecule has 1 aromatic heterocycles. The van der Waals surface area contributed by atoms with Crippen LogP contribution in [0.15, 0.2) is 12.1 Å². The average molecular weight is 398 g/mol. The topological polar surface area (TPSA) is 99.0 Å². The molecule has 0 saturated carbocycles. The highest BCUT2D eigenvalue weighted by molar-refractivity contribution is 7.83. The number of halogens is 4. The van der Waals surface area contributed by atoms with Crippen LogP contribution in [-0.4, -0.2) is 42.9 Å². The molecule has 13 heteroatoms. The second kappa shape index (κ2) is 7.35. The Balaban J connectivity index is 2.40. The molecule has 1 heterocycles. The fourth-order valence-corrected chi connectivity index (χ4v) is 2.92. The van der Waals surface area contributed by atoms with Gasteiger partial charge in [0.05, 0.1) is 16.3 Å². The van der Waals surface area contributed by atoms with E-state index in [4.69, 9.17) is 11.6 Å². The molecule has 0 bridgehead atoms. The minimum Gasteiger partial charge on any atom is -0.405 e. The van der Waals surface area contributed by atoms with Crippen molar-refractivity contribution in [3.05, 3.63) is 28.3 Å². The molecular weight excluding hydrogens is 387 g/mol. The molecule has 8 nitrogen and oxygen atoms in total. The van der Waals surface area contributed by atoms with Gasteiger partial charge in [0.15, 0.2) is 0 Å². The summed E-state index contributed by atoms with van der Waals surface area (Å²) in [4.78, 5) is 12.3. The highest BCUT2D eigenvalue weighted by atomic mass is 35.5. The van der Waals surface area contributed by atoms with Crippen molar-refractivity contribution < 1.29 is 26.9 Å². The van der Waals surface area contributed by atoms with E-state index >= 15 is 0 Å². The number of aryl methyl sites for hydroxylation is 1. The monoisotopic (exact) mass is 397 g/mol. The molecule has 25 heavy (non-hydrogen) atoms. The highest BCUT2D eigenvalue weighted by Crippen LogP contribution is 2.34. The average Bonchev–Trinajstić information content (AvgIpc) is 2.86. The van der Waals surface area contributed by atoms with Crippen LogP contribution in [0.2, 0.25) is 5.02 Å². The summed E-state index contributed by atoms with van der Waals surface area (Å²) in [7, 11) is -0.0468. The predicted octanol–water partition coefficient (Wildman–Crippen LogP) is 1.89. The molecule has 2 aromatic rings. The molecule has 0 spiro atoms. The molecule has 1 amide bonds. The van der Waals surface area contributed by atoms with Crippen LogP contribution in [0.4, 0.5) is 19.1 Å². The van der Waals surface area contributed by atoms with Crippen LogP contribution in [0, 0.1) is 0 Å². The summed E-state index contributed by atoms with van der Waals surface area (Å²) < 4.78 is 54.0. The number of aromatic nitrogens is 4. The maximum atomic E-state index is 12.5. The van der Waals surface area contributed by atoms with Crippen molar-refractivity contribution >= 4 is 34.3 Å². The van der Waals surface area contributed by atoms with Crippen LogP contribution < -0.4 is 10.1 Å². The Hall–Kier alpha value is -2.21. The third-order valence-corrected chi connectivity index (χ3v) is 3.99. The summed E-state index contributed by atoms with van der Waals surface area (Å²) in [6, 6.07) is 2.00. The molecule has 0 fully saturated rings. The number of amides is 1. The number of tetrazole rings is 1. The van der Waals surface area contributed by atoms with Gasteiger partial charge in [-0.1, -0.05) is 16.7 Å². The number of hydrogen-bond donors (Lipinski definition) is 1. The maximum Gasteiger partial charge on any atom is 0.573 e. The molecule has 0 aliphatic carbocycles. The zero-order chi connectivity index (χ0) is 18.8. The Kier molecular flexibility index (Phi) is 5.62. The number of carbonyl (C=O) groups is 1. The largest absolute Gasteiger partial charge is 0.573 e. The van der Waals surface area contributed by atoms with Crippen LogP contribution in [0.5, 0.6) is 5.75 Å². The Morgan fingerprint density at radius 3 is 2.64 bits per heavy atom. The first-order chi connectivity index (χ1) is 11.6. The molecule has 0 saturated heterocycles. The molecule has 136 valence electrons. The summed E-state index contributed by atoms with van der Waals surface area (Å²) in [5.41, 5.74) is -0.330. The molecule has 1 atom stereocenters. The Morgan fingerprint density at radius 1 is 1.44 bits per heavy atom. The van der Waals surface area contributed by atoms with E-state index in [9.17, 15) is 22.2 Å². The second-order valence-corrected chi connectivity index (χ2v) is 6.56. The van der Waals surface area contributed by atoms with Gasteiger partial charge in [0.1, 0.15) is 5.75 Å². The zero-order valence-electron chi connectivity index (χ0n) is 12.8. The summed E-state index contributed by atoms with van der Waals surface area (Å²) in [5.74, 6) is -1.68. The van der Waals surface area contributed by atoms with Crippen molar-refractivity contribution in [1.29, 1.82) is 0 Å². The minimum atomic E-state index is -4.96. The van der Waals surface area contributed by atoms with E-state index in [1.165, 1.54) is 18.0 Å². The van der Waals surface area contributed by atoms with Crippen molar-refractivity contribution in [2.24, 2.45) is 7.05 Å². The van der Waals surface area contributed by atoms with Gasteiger partial charge < -0.3 is 4.74 Å². The zero-order valence-corrected chi connectivity index (χ0v) is 14.4. The lowest BCUT2D eigenvalue weighted by Gasteiger charge is -2.16. The third kappa shape index (κ3) is 4.89. The first-order valence-corrected chi connectivity index (χ1v) is 8.60. The Morgan fingerprint density at radius 2 is 2.12 bits per heavy atom. The quantitative estimate of drug-likeness (QED) is 0.827. The fourth-order valence-electron chi connectivity index (χ4n) is 1.84. The first-order valence-electron chi connectivity index (χ1n) is 6.49. The summed E-state index contributed by atoms with van der Waals surface area (Å²) >= 11 is 6.06. The van der Waals surface area contributed by atoms with Gasteiger partial charge in [0, 0.05) is 29.7 Å². The number of rotatable bonds is 5. The van der Waals surface area contributed by atoms with Gasteiger partial charge in [0.2, 0.25) is 5.95 Å². The number of ether oxygens (including phenoxy) is 1. The first kappa shape index (κ1) is 19.1. The number of carbonyl (C=O) groups excluding carboxylic acids is 1. The summed E-state index contributed by atoms with van der Waals surface area (Å²) in [6.45, 7) is 0. The SMILES string of the molecule is Cn1nnnc1NC(=O)c1ccc(OC(F)(F)F)c(CS(C)=O)c1Cl. The molecule has 1 aromatic carbocycles. The number of nitrogens with one attached hydrogen (secondary N) is 1. The lowest BCUT2D eigenvalue weighted by atomic mass is 10.1. The van der Waals surface area contributed by atoms with Crippen molar-refractivity contribution in [3.8, 4) is 5.75 Å². The van der Waals surface area contributed by atoms with E-state index < -0.39 is 28.8 Å². The van der Waals surface area contributed by atoms with Gasteiger partial charge in [-0.15, -0.1) is 13.2 Å². The van der Waals surface area contributed by atoms with Gasteiger partial charge >= 0.3 is 6.36 Å². The Labute approximate surface area is 146 Å². The van der Waals surface area contributed by atoms with Crippen molar-refractivity contribution in [2.45, 2.75) is 12.1 Å². The lowest BCUT2D eigenvalue weighted by molar-refractivity contribution is -0.274. The standard InChI is InChI=1S/C12H11ClF3N5O3S/c1-21-11(18-19-20-21)17-10(22)6-3-4-8(24-12(14,15)16)7(9(6)13)5-25(2)23/h3-4H,5H2,1-2H3,(H,17,18,20,22). The predicted molar refractivity (Wildman–Crippen MR) is 82.7 cm³/mol. The van der Waals surface area contributed by atoms with Crippen molar-refractivity contribution in [3.63, 3.8) is 0 Å². The normalized spacial score (nSPS) is 12.7. The number of alkyl halides is 3. The van der Waals surface area contributed by atoms with Gasteiger partial charge in [-0.25, -0.2) is 4.68 Å². The second-order valence-electron chi connectivity index (χ2n) is 4.75. The van der Waals surface area contributed by atoms with Gasteiger partial charge in [0.25, 0.3) is 5.91 Å². The van der Waals surface area contributed by atoms with E-state index in [1.807, 2.05) is 0 Å². The molecule has 0 aliphatic heterocycles. The van der Waals surface area contributed by atoms with E-state index in [0.717, 1.165) is 12.1 Å². The van der Waals surface area contributed by atoms with Crippen LogP contribution in [0.1, 0.15) is 15.9 Å². The summed E-state index contributed by atoms with van der Waals surface area (Å²) in [5, 5.41) is 12.5. The maximum absolute atomic E-state index is 12.5. The Bertz CT molecular complexity index is 827. The van der Waals surface area contributed by atoms with E-state index in [1.54, 1.807) is 0 Å². The lowest BCUT2D eigenvalue weighted by Crippen LogP contribution is -2.20. The smallest absolute Gasteiger partial charge is 0.405 e. The minimum absolute atomic E-state index is 0.0114. The van der Waals surface area contributed by atoms with E-state index in [2.05, 4.69) is 25.6 Å². The number of benzene rings is 1. The third-order valence-electron chi connectivity index (χ3n) is 2.86. The van der Waals surface area contributed by atoms with Gasteiger partial charge in [-0.05, 0) is 22.6 Å². The molecule has 2 rings (SSSR count). The van der Waals surface area contributed by atoms with Crippen LogP contribution in [0.25, 0.3) is 0 Å². The summed E-state index contributed by atoms with van der Waals surface area (Å²) in [6.07, 6.45) is -3.67. The molecule has 1 unspecified atom stereocenters. The number of anilines is 1. The number of hydrogen-bond acceptors (Lipinski definition) is 6. The van der Waals surface area contributed by atoms with Crippen LogP contribution in [0.3, 0.4) is 0 Å². The van der Waals surface area contributed by atoms with Gasteiger partial charge in [-0.3, -0.25) is 14.3 Å². The van der Waals surface area contributed by atoms with Crippen molar-refractivity contribution in [1.82, 2.24) is 20.2 Å². The molecule has 0 radical (unpaired) electrons. The van der Waals surface area contributed by atoms with E-state index in [0.29, 0.717) is 0 Å².